The van der Waals surface area contributed by atoms with Crippen LogP contribution in [0.2, 0.25) is 0 Å². The van der Waals surface area contributed by atoms with Gasteiger partial charge >= 0.3 is 6.09 Å². The average Bonchev–Trinajstić information content (AvgIpc) is 2.00. The maximum Gasteiger partial charge on any atom is 0.407 e. The highest BCUT2D eigenvalue weighted by Gasteiger charge is 2.14. The molecule has 1 N–H and O–H groups in total. The Kier molecular flexibility index (Phi) is 5.20. The lowest BCUT2D eigenvalue weighted by molar-refractivity contribution is 0.0534. The predicted octanol–water partition coefficient (Wildman–Crippen LogP) is 2.77. The van der Waals surface area contributed by atoms with Gasteiger partial charge in [0.25, 0.3) is 0 Å². The van der Waals surface area contributed by atoms with Crippen LogP contribution in [0.1, 0.15) is 34.1 Å². The Balaban J connectivity index is 3.76. The lowest BCUT2D eigenvalue weighted by Gasteiger charge is -2.19. The number of nitrogens with one attached hydrogen (secondary N) is 1. The van der Waals surface area contributed by atoms with E-state index in [9.17, 15) is 9.18 Å². The van der Waals surface area contributed by atoms with Crippen molar-refractivity contribution < 1.29 is 13.9 Å². The second kappa shape index (κ2) is 5.62. The van der Waals surface area contributed by atoms with E-state index < -0.39 is 11.7 Å². The van der Waals surface area contributed by atoms with Crippen LogP contribution in [-0.4, -0.2) is 18.2 Å². The lowest BCUT2D eigenvalue weighted by Crippen LogP contribution is -2.32. The Morgan fingerprint density at radius 3 is 2.50 bits per heavy atom. The maximum absolute atomic E-state index is 12.6. The van der Waals surface area contributed by atoms with Crippen molar-refractivity contribution in [3.05, 3.63) is 11.9 Å². The molecule has 0 spiro atoms. The summed E-state index contributed by atoms with van der Waals surface area (Å²) in [6, 6.07) is 0. The van der Waals surface area contributed by atoms with Gasteiger partial charge in [-0.25, -0.2) is 9.18 Å². The highest BCUT2D eigenvalue weighted by atomic mass is 19.1. The number of carbonyl (C=O) groups is 1. The second-order valence-electron chi connectivity index (χ2n) is 3.89. The van der Waals surface area contributed by atoms with E-state index in [-0.39, 0.29) is 12.4 Å². The zero-order valence-corrected chi connectivity index (χ0v) is 9.19. The van der Waals surface area contributed by atoms with Crippen LogP contribution in [0.4, 0.5) is 9.18 Å². The Labute approximate surface area is 84.3 Å². The normalized spacial score (nSPS) is 12.5. The molecule has 4 heteroatoms. The van der Waals surface area contributed by atoms with E-state index in [1.54, 1.807) is 27.7 Å². The fraction of sp³-hybridized carbons (Fsp3) is 0.700. The number of halogens is 1. The third kappa shape index (κ3) is 7.58. The summed E-state index contributed by atoms with van der Waals surface area (Å²) < 4.78 is 17.5. The van der Waals surface area contributed by atoms with Gasteiger partial charge < -0.3 is 10.1 Å². The van der Waals surface area contributed by atoms with E-state index in [4.69, 9.17) is 4.74 Å². The number of allylic oxidation sites excluding steroid dienone is 1. The molecule has 1 amide bonds. The van der Waals surface area contributed by atoms with Crippen LogP contribution in [0.15, 0.2) is 11.9 Å². The van der Waals surface area contributed by atoms with Gasteiger partial charge in [-0.2, -0.15) is 0 Å². The smallest absolute Gasteiger partial charge is 0.407 e. The van der Waals surface area contributed by atoms with Gasteiger partial charge in [0.05, 0.1) is 5.83 Å². The fourth-order valence-corrected chi connectivity index (χ4v) is 0.704. The van der Waals surface area contributed by atoms with Crippen molar-refractivity contribution in [3.8, 4) is 0 Å². The molecule has 0 aliphatic rings. The van der Waals surface area contributed by atoms with E-state index in [1.807, 2.05) is 0 Å². The third-order valence-electron chi connectivity index (χ3n) is 1.31. The summed E-state index contributed by atoms with van der Waals surface area (Å²) in [5.41, 5.74) is -0.517. The van der Waals surface area contributed by atoms with Crippen molar-refractivity contribution in [2.75, 3.05) is 6.54 Å². The molecule has 0 radical (unpaired) electrons. The fourth-order valence-electron chi connectivity index (χ4n) is 0.704. The Morgan fingerprint density at radius 2 is 2.07 bits per heavy atom. The molecule has 0 atom stereocenters. The van der Waals surface area contributed by atoms with Crippen LogP contribution in [0, 0.1) is 0 Å². The zero-order valence-electron chi connectivity index (χ0n) is 9.19. The molecule has 14 heavy (non-hydrogen) atoms. The highest BCUT2D eigenvalue weighted by molar-refractivity contribution is 5.67. The van der Waals surface area contributed by atoms with Crippen molar-refractivity contribution in [3.63, 3.8) is 0 Å². The molecular formula is C10H18FNO2. The number of carbonyl (C=O) groups excluding carboxylic acids is 1. The molecule has 0 aliphatic heterocycles. The van der Waals surface area contributed by atoms with Gasteiger partial charge in [0.15, 0.2) is 0 Å². The minimum absolute atomic E-state index is 0.161. The number of alkyl carbamates (subject to hydrolysis) is 1. The first-order valence-corrected chi connectivity index (χ1v) is 4.66. The summed E-state index contributed by atoms with van der Waals surface area (Å²) in [7, 11) is 0. The van der Waals surface area contributed by atoms with Crippen molar-refractivity contribution in [1.82, 2.24) is 5.32 Å². The van der Waals surface area contributed by atoms with Gasteiger partial charge in [0.1, 0.15) is 5.60 Å². The van der Waals surface area contributed by atoms with Gasteiger partial charge in [-0.3, -0.25) is 0 Å². The molecule has 3 nitrogen and oxygen atoms in total. The molecule has 0 bridgehead atoms. The molecule has 0 unspecified atom stereocenters. The summed E-state index contributed by atoms with van der Waals surface area (Å²) in [6.45, 7) is 7.19. The minimum atomic E-state index is -0.530. The standard InChI is InChI=1S/C10H18FNO2/c1-5-8(11)6-7-12-9(13)14-10(2,3)4/h6H,5,7H2,1-4H3,(H,12,13)/b8-6-. The van der Waals surface area contributed by atoms with Crippen LogP contribution < -0.4 is 5.32 Å². The van der Waals surface area contributed by atoms with E-state index in [2.05, 4.69) is 5.32 Å². The number of rotatable bonds is 3. The molecule has 0 aromatic heterocycles. The number of ether oxygens (including phenoxy) is 1. The molecular weight excluding hydrogens is 185 g/mol. The molecule has 0 saturated carbocycles. The summed E-state index contributed by atoms with van der Waals surface area (Å²) in [6.07, 6.45) is 1.14. The molecule has 0 aromatic carbocycles. The summed E-state index contributed by atoms with van der Waals surface area (Å²) >= 11 is 0. The Hall–Kier alpha value is -1.06. The number of hydrogen-bond acceptors (Lipinski definition) is 2. The maximum atomic E-state index is 12.6. The van der Waals surface area contributed by atoms with E-state index in [1.165, 1.54) is 6.08 Å². The molecule has 0 saturated heterocycles. The average molecular weight is 203 g/mol. The van der Waals surface area contributed by atoms with E-state index >= 15 is 0 Å². The molecule has 0 heterocycles. The quantitative estimate of drug-likeness (QED) is 0.766. The van der Waals surface area contributed by atoms with Crippen LogP contribution in [0.25, 0.3) is 0 Å². The first-order chi connectivity index (χ1) is 6.35. The van der Waals surface area contributed by atoms with Gasteiger partial charge in [-0.05, 0) is 33.3 Å². The highest BCUT2D eigenvalue weighted by Crippen LogP contribution is 2.06. The van der Waals surface area contributed by atoms with Crippen LogP contribution in [-0.2, 0) is 4.74 Å². The van der Waals surface area contributed by atoms with Gasteiger partial charge in [-0.15, -0.1) is 0 Å². The molecule has 82 valence electrons. The first-order valence-electron chi connectivity index (χ1n) is 4.66. The number of hydrogen-bond donors (Lipinski definition) is 1. The van der Waals surface area contributed by atoms with Crippen molar-refractivity contribution in [2.45, 2.75) is 39.7 Å². The Morgan fingerprint density at radius 1 is 1.50 bits per heavy atom. The lowest BCUT2D eigenvalue weighted by atomic mass is 10.2. The summed E-state index contributed by atoms with van der Waals surface area (Å²) in [5, 5.41) is 2.43. The molecule has 0 aliphatic carbocycles. The predicted molar refractivity (Wildman–Crippen MR) is 53.7 cm³/mol. The SMILES string of the molecule is CC/C(F)=C/CNC(=O)OC(C)(C)C. The summed E-state index contributed by atoms with van der Waals surface area (Å²) in [4.78, 5) is 11.0. The second-order valence-corrected chi connectivity index (χ2v) is 3.89. The van der Waals surface area contributed by atoms with Crippen molar-refractivity contribution in [2.24, 2.45) is 0 Å². The third-order valence-corrected chi connectivity index (χ3v) is 1.31. The molecule has 0 rings (SSSR count). The van der Waals surface area contributed by atoms with Crippen molar-refractivity contribution >= 4 is 6.09 Å². The van der Waals surface area contributed by atoms with E-state index in [0.29, 0.717) is 6.42 Å². The Bertz CT molecular complexity index is 219. The van der Waals surface area contributed by atoms with Crippen LogP contribution in [0.3, 0.4) is 0 Å². The van der Waals surface area contributed by atoms with Gasteiger partial charge in [0.2, 0.25) is 0 Å². The topological polar surface area (TPSA) is 38.3 Å². The number of amides is 1. The first kappa shape index (κ1) is 12.9. The molecule has 0 aromatic rings. The minimum Gasteiger partial charge on any atom is -0.444 e. The zero-order chi connectivity index (χ0) is 11.2. The van der Waals surface area contributed by atoms with Gasteiger partial charge in [-0.1, -0.05) is 6.92 Å². The largest absolute Gasteiger partial charge is 0.444 e. The van der Waals surface area contributed by atoms with Crippen LogP contribution in [0.5, 0.6) is 0 Å². The van der Waals surface area contributed by atoms with E-state index in [0.717, 1.165) is 0 Å². The summed E-state index contributed by atoms with van der Waals surface area (Å²) in [5.74, 6) is -0.235. The monoisotopic (exact) mass is 203 g/mol. The van der Waals surface area contributed by atoms with Crippen LogP contribution >= 0.6 is 0 Å². The molecule has 0 fully saturated rings. The van der Waals surface area contributed by atoms with Gasteiger partial charge in [0, 0.05) is 6.54 Å². The van der Waals surface area contributed by atoms with Crippen molar-refractivity contribution in [1.29, 1.82) is 0 Å².